The van der Waals surface area contributed by atoms with Gasteiger partial charge in [0.1, 0.15) is 16.5 Å². The third-order valence-corrected chi connectivity index (χ3v) is 5.48. The summed E-state index contributed by atoms with van der Waals surface area (Å²) in [5, 5.41) is 28.0. The Hall–Kier alpha value is -3.65. The van der Waals surface area contributed by atoms with Crippen molar-refractivity contribution in [2.24, 2.45) is 4.99 Å². The number of carbonyl (C=O) groups is 1. The molecule has 0 saturated heterocycles. The van der Waals surface area contributed by atoms with Crippen molar-refractivity contribution in [3.63, 3.8) is 0 Å². The topological polar surface area (TPSA) is 107 Å². The van der Waals surface area contributed by atoms with Gasteiger partial charge in [0.2, 0.25) is 0 Å². The van der Waals surface area contributed by atoms with Crippen molar-refractivity contribution in [3.8, 4) is 22.8 Å². The normalized spacial score (nSPS) is 16.3. The number of phenols is 2. The van der Waals surface area contributed by atoms with Gasteiger partial charge in [0.15, 0.2) is 0 Å². The number of carbonyl (C=O) groups excluding carboxylic acids is 1. The zero-order chi connectivity index (χ0) is 20.5. The molecule has 0 radical (unpaired) electrons. The molecule has 1 aliphatic rings. The predicted octanol–water partition coefficient (Wildman–Crippen LogP) is 4.34. The number of nitrogens with one attached hydrogen (secondary N) is 2. The molecule has 29 heavy (non-hydrogen) atoms. The number of thiazole rings is 1. The number of nitrogens with zero attached hydrogens (tertiary/aromatic N) is 2. The van der Waals surface area contributed by atoms with Crippen LogP contribution in [-0.2, 0) is 0 Å². The molecule has 2 aromatic carbocycles. The first-order valence-corrected chi connectivity index (χ1v) is 9.67. The summed E-state index contributed by atoms with van der Waals surface area (Å²) in [6.45, 7) is 5.32. The van der Waals surface area contributed by atoms with Crippen LogP contribution in [0.3, 0.4) is 0 Å². The Kier molecular flexibility index (Phi) is 4.77. The number of hydrogen-bond donors (Lipinski definition) is 4. The van der Waals surface area contributed by atoms with Crippen LogP contribution < -0.4 is 10.6 Å². The smallest absolute Gasteiger partial charge is 0.319 e. The molecule has 0 fully saturated rings. The van der Waals surface area contributed by atoms with Crippen LogP contribution in [0.15, 0.2) is 58.5 Å². The second-order valence-corrected chi connectivity index (χ2v) is 7.45. The van der Waals surface area contributed by atoms with Gasteiger partial charge < -0.3 is 20.8 Å². The Morgan fingerprint density at radius 3 is 2.48 bits per heavy atom. The molecule has 0 saturated carbocycles. The highest BCUT2D eigenvalue weighted by molar-refractivity contribution is 7.11. The van der Waals surface area contributed by atoms with Gasteiger partial charge in [-0.1, -0.05) is 12.1 Å². The van der Waals surface area contributed by atoms with Crippen molar-refractivity contribution in [3.05, 3.63) is 64.1 Å². The van der Waals surface area contributed by atoms with E-state index in [-0.39, 0.29) is 17.5 Å². The molecule has 3 aromatic rings. The van der Waals surface area contributed by atoms with E-state index in [0.29, 0.717) is 11.3 Å². The van der Waals surface area contributed by atoms with Crippen molar-refractivity contribution < 1.29 is 15.0 Å². The molecule has 8 heteroatoms. The van der Waals surface area contributed by atoms with Gasteiger partial charge >= 0.3 is 6.03 Å². The van der Waals surface area contributed by atoms with E-state index < -0.39 is 6.04 Å². The summed E-state index contributed by atoms with van der Waals surface area (Å²) >= 11 is 1.45. The first-order valence-electron chi connectivity index (χ1n) is 8.79. The van der Waals surface area contributed by atoms with E-state index in [4.69, 9.17) is 4.98 Å². The van der Waals surface area contributed by atoms with Gasteiger partial charge in [-0.05, 0) is 43.5 Å². The van der Waals surface area contributed by atoms with E-state index in [1.54, 1.807) is 6.92 Å². The van der Waals surface area contributed by atoms with Gasteiger partial charge in [-0.3, -0.25) is 4.99 Å². The molecular formula is C21H18N4O3S. The number of amides is 2. The summed E-state index contributed by atoms with van der Waals surface area (Å²) in [6.07, 6.45) is 0. The Morgan fingerprint density at radius 1 is 1.14 bits per heavy atom. The summed E-state index contributed by atoms with van der Waals surface area (Å²) in [4.78, 5) is 20.7. The molecule has 1 unspecified atom stereocenters. The van der Waals surface area contributed by atoms with E-state index in [0.717, 1.165) is 27.5 Å². The zero-order valence-corrected chi connectivity index (χ0v) is 16.3. The quantitative estimate of drug-likeness (QED) is 0.484. The minimum Gasteiger partial charge on any atom is -0.508 e. The van der Waals surface area contributed by atoms with Gasteiger partial charge in [-0.2, -0.15) is 0 Å². The number of aromatic hydroxyl groups is 2. The van der Waals surface area contributed by atoms with Gasteiger partial charge in [0, 0.05) is 28.3 Å². The lowest BCUT2D eigenvalue weighted by Crippen LogP contribution is -2.42. The Labute approximate surface area is 171 Å². The lowest BCUT2D eigenvalue weighted by atomic mass is 9.95. The summed E-state index contributed by atoms with van der Waals surface area (Å²) in [7, 11) is 0. The fraction of sp³-hybridized carbons (Fsp3) is 0.0952. The predicted molar refractivity (Wildman–Crippen MR) is 114 cm³/mol. The molecule has 0 spiro atoms. The highest BCUT2D eigenvalue weighted by atomic mass is 32.1. The maximum absolute atomic E-state index is 12.1. The lowest BCUT2D eigenvalue weighted by molar-refractivity contribution is 0.240. The Bertz CT molecular complexity index is 1110. The fourth-order valence-electron chi connectivity index (χ4n) is 3.28. The van der Waals surface area contributed by atoms with Crippen molar-refractivity contribution >= 4 is 35.3 Å². The molecular weight excluding hydrogens is 388 g/mol. The number of hydrogen-bond acceptors (Lipinski definition) is 6. The van der Waals surface area contributed by atoms with E-state index in [9.17, 15) is 15.0 Å². The standard InChI is InChI=1S/C21H18N4O3S/c1-11-18(19(25-21(28)23-11)13-7-15(26)9-16(27)8-13)20-24-17(10-29-20)12-3-5-14(22-2)6-4-12/h3-10,19,26-27H,2H2,1H3,(H2,23,25,28). The Morgan fingerprint density at radius 2 is 1.83 bits per heavy atom. The largest absolute Gasteiger partial charge is 0.508 e. The monoisotopic (exact) mass is 406 g/mol. The van der Waals surface area contributed by atoms with Gasteiger partial charge in [-0.25, -0.2) is 9.78 Å². The van der Waals surface area contributed by atoms with E-state index >= 15 is 0 Å². The van der Waals surface area contributed by atoms with Crippen molar-refractivity contribution in [2.75, 3.05) is 0 Å². The summed E-state index contributed by atoms with van der Waals surface area (Å²) < 4.78 is 0. The zero-order valence-electron chi connectivity index (χ0n) is 15.5. The number of aromatic nitrogens is 1. The minimum absolute atomic E-state index is 0.0828. The van der Waals surface area contributed by atoms with Crippen LogP contribution in [0, 0.1) is 0 Å². The SMILES string of the molecule is C=Nc1ccc(-c2csc(C3=C(C)NC(=O)NC3c3cc(O)cc(O)c3)n2)cc1. The van der Waals surface area contributed by atoms with Crippen molar-refractivity contribution in [1.82, 2.24) is 15.6 Å². The van der Waals surface area contributed by atoms with E-state index in [1.807, 2.05) is 29.6 Å². The van der Waals surface area contributed by atoms with Crippen molar-refractivity contribution in [2.45, 2.75) is 13.0 Å². The van der Waals surface area contributed by atoms with Gasteiger partial charge in [0.25, 0.3) is 0 Å². The molecule has 146 valence electrons. The molecule has 7 nitrogen and oxygen atoms in total. The molecule has 2 heterocycles. The third kappa shape index (κ3) is 3.70. The van der Waals surface area contributed by atoms with Gasteiger partial charge in [-0.15, -0.1) is 11.3 Å². The molecule has 1 atom stereocenters. The van der Waals surface area contributed by atoms with Crippen LogP contribution in [0.25, 0.3) is 16.8 Å². The molecule has 1 aromatic heterocycles. The number of rotatable bonds is 4. The summed E-state index contributed by atoms with van der Waals surface area (Å²) in [5.41, 5.74) is 4.52. The number of benzene rings is 2. The summed E-state index contributed by atoms with van der Waals surface area (Å²) in [5.74, 6) is -0.166. The second kappa shape index (κ2) is 7.40. The van der Waals surface area contributed by atoms with Crippen LogP contribution >= 0.6 is 11.3 Å². The molecule has 1 aliphatic heterocycles. The molecule has 2 amide bonds. The lowest BCUT2D eigenvalue weighted by Gasteiger charge is -2.28. The van der Waals surface area contributed by atoms with E-state index in [1.165, 1.54) is 29.5 Å². The van der Waals surface area contributed by atoms with E-state index in [2.05, 4.69) is 22.3 Å². The van der Waals surface area contributed by atoms with Crippen LogP contribution in [0.1, 0.15) is 23.5 Å². The average molecular weight is 406 g/mol. The summed E-state index contributed by atoms with van der Waals surface area (Å²) in [6, 6.07) is 10.9. The van der Waals surface area contributed by atoms with Gasteiger partial charge in [0.05, 0.1) is 17.4 Å². The number of urea groups is 1. The van der Waals surface area contributed by atoms with Crippen LogP contribution in [0.5, 0.6) is 11.5 Å². The number of aliphatic imine (C=N–C) groups is 1. The number of phenolic OH excluding ortho intramolecular Hbond substituents is 2. The van der Waals surface area contributed by atoms with Crippen molar-refractivity contribution in [1.29, 1.82) is 0 Å². The first kappa shape index (κ1) is 18.7. The third-order valence-electron chi connectivity index (χ3n) is 4.61. The maximum Gasteiger partial charge on any atom is 0.319 e. The Balaban J connectivity index is 1.76. The van der Waals surface area contributed by atoms with Crippen LogP contribution in [-0.4, -0.2) is 27.9 Å². The second-order valence-electron chi connectivity index (χ2n) is 6.60. The minimum atomic E-state index is -0.562. The average Bonchev–Trinajstić information content (AvgIpc) is 3.16. The first-order chi connectivity index (χ1) is 13.9. The fourth-order valence-corrected chi connectivity index (χ4v) is 4.24. The molecule has 0 bridgehead atoms. The highest BCUT2D eigenvalue weighted by Crippen LogP contribution is 2.39. The maximum atomic E-state index is 12.1. The highest BCUT2D eigenvalue weighted by Gasteiger charge is 2.30. The number of allylic oxidation sites excluding steroid dienone is 1. The molecule has 0 aliphatic carbocycles. The van der Waals surface area contributed by atoms with Crippen LogP contribution in [0.4, 0.5) is 10.5 Å². The molecule has 4 rings (SSSR count). The van der Waals surface area contributed by atoms with Crippen LogP contribution in [0.2, 0.25) is 0 Å². The molecule has 4 N–H and O–H groups in total.